The highest BCUT2D eigenvalue weighted by molar-refractivity contribution is 6.04. The largest absolute Gasteiger partial charge is 0.493 e. The van der Waals surface area contributed by atoms with Crippen molar-refractivity contribution in [2.45, 2.75) is 57.7 Å². The molecule has 3 aliphatic rings. The molecule has 0 radical (unpaired) electrons. The molecule has 0 fully saturated rings. The van der Waals surface area contributed by atoms with E-state index in [4.69, 9.17) is 34.7 Å². The van der Waals surface area contributed by atoms with E-state index in [1.165, 1.54) is 16.7 Å². The van der Waals surface area contributed by atoms with Gasteiger partial charge in [0.25, 0.3) is 11.8 Å². The highest BCUT2D eigenvalue weighted by Gasteiger charge is 2.33. The lowest BCUT2D eigenvalue weighted by atomic mass is 9.93. The van der Waals surface area contributed by atoms with Gasteiger partial charge in [0.2, 0.25) is 0 Å². The van der Waals surface area contributed by atoms with Crippen LogP contribution in [0.3, 0.4) is 0 Å². The number of carbonyl (C=O) groups is 2. The van der Waals surface area contributed by atoms with Crippen molar-refractivity contribution in [2.75, 3.05) is 40.2 Å². The molecule has 0 spiro atoms. The normalized spacial score (nSPS) is 17.3. The Labute approximate surface area is 310 Å². The minimum atomic E-state index is -0.184. The van der Waals surface area contributed by atoms with Gasteiger partial charge in [-0.1, -0.05) is 30.3 Å². The van der Waals surface area contributed by atoms with Gasteiger partial charge in [0.1, 0.15) is 0 Å². The van der Waals surface area contributed by atoms with E-state index in [1.807, 2.05) is 54.7 Å². The van der Waals surface area contributed by atoms with Crippen molar-refractivity contribution >= 4 is 41.3 Å². The number of hydrogen-bond acceptors (Lipinski definition) is 9. The summed E-state index contributed by atoms with van der Waals surface area (Å²) in [6, 6.07) is 20.8. The summed E-state index contributed by atoms with van der Waals surface area (Å²) < 4.78 is 23.6. The second-order valence-corrected chi connectivity index (χ2v) is 13.7. The van der Waals surface area contributed by atoms with Crippen molar-refractivity contribution in [3.05, 3.63) is 100 Å². The molecule has 2 amide bonds. The van der Waals surface area contributed by atoms with Crippen molar-refractivity contribution < 1.29 is 28.5 Å². The van der Waals surface area contributed by atoms with E-state index in [0.717, 1.165) is 24.8 Å². The van der Waals surface area contributed by atoms with E-state index < -0.39 is 0 Å². The lowest BCUT2D eigenvalue weighted by Crippen LogP contribution is -2.44. The first-order chi connectivity index (χ1) is 25.7. The predicted molar refractivity (Wildman–Crippen MR) is 206 cm³/mol. The molecule has 0 saturated carbocycles. The Morgan fingerprint density at radius 2 is 1.40 bits per heavy atom. The topological polar surface area (TPSA) is 128 Å². The van der Waals surface area contributed by atoms with E-state index >= 15 is 0 Å². The lowest BCUT2D eigenvalue weighted by molar-refractivity contribution is 0.0702. The van der Waals surface area contributed by atoms with Gasteiger partial charge >= 0.3 is 0 Å². The Morgan fingerprint density at radius 3 is 2.06 bits per heavy atom. The van der Waals surface area contributed by atoms with Gasteiger partial charge in [-0.15, -0.1) is 0 Å². The van der Waals surface area contributed by atoms with Crippen LogP contribution in [0.5, 0.6) is 23.0 Å². The van der Waals surface area contributed by atoms with Gasteiger partial charge in [-0.05, 0) is 85.5 Å². The zero-order chi connectivity index (χ0) is 37.1. The molecule has 4 aromatic rings. The Kier molecular flexibility index (Phi) is 10.3. The minimum Gasteiger partial charge on any atom is -0.493 e. The van der Waals surface area contributed by atoms with Gasteiger partial charge < -0.3 is 34.5 Å². The van der Waals surface area contributed by atoms with Gasteiger partial charge in [0.15, 0.2) is 23.0 Å². The fraction of sp³-hybridized carbons (Fsp3) is 0.333. The number of carbonyl (C=O) groups excluding carboxylic acids is 2. The fourth-order valence-electron chi connectivity index (χ4n) is 7.11. The van der Waals surface area contributed by atoms with Crippen molar-refractivity contribution in [2.24, 2.45) is 9.98 Å². The number of aryl methyl sites for hydroxylation is 1. The Balaban J connectivity index is 0.938. The number of benzene rings is 4. The molecular weight excluding hydrogens is 670 g/mol. The van der Waals surface area contributed by atoms with Gasteiger partial charge in [-0.2, -0.15) is 0 Å². The van der Waals surface area contributed by atoms with E-state index in [2.05, 4.69) is 19.1 Å². The smallest absolute Gasteiger partial charge is 0.257 e. The van der Waals surface area contributed by atoms with E-state index in [1.54, 1.807) is 43.4 Å². The van der Waals surface area contributed by atoms with E-state index in [-0.39, 0.29) is 23.9 Å². The van der Waals surface area contributed by atoms with Gasteiger partial charge in [0.05, 0.1) is 62.0 Å². The third-order valence-electron chi connectivity index (χ3n) is 10.3. The summed E-state index contributed by atoms with van der Waals surface area (Å²) in [5.74, 6) is 1.85. The number of nitrogen functional groups attached to an aromatic ring is 1. The molecular formula is C42H45N5O6. The molecule has 11 nitrogen and oxygen atoms in total. The maximum Gasteiger partial charge on any atom is 0.257 e. The minimum absolute atomic E-state index is 0.0976. The summed E-state index contributed by atoms with van der Waals surface area (Å²) in [5.41, 5.74) is 13.4. The Hall–Kier alpha value is -5.84. The molecule has 2 atom stereocenters. The molecule has 53 heavy (non-hydrogen) atoms. The molecule has 2 N–H and O–H groups in total. The van der Waals surface area contributed by atoms with Crippen LogP contribution < -0.4 is 24.7 Å². The van der Waals surface area contributed by atoms with Gasteiger partial charge in [-0.25, -0.2) is 0 Å². The number of hydrogen-bond donors (Lipinski definition) is 1. The maximum absolute atomic E-state index is 13.7. The SMILES string of the molecule is COc1cc2c(cc1OCCCCCOc1cc3c(cc1OC)C(=O)N1Cc4cc(N)ccc4C[C@H]1C=N3)N=C[C@H](Cc1ccccc1C)N(C)C2=O. The first-order valence-corrected chi connectivity index (χ1v) is 18.0. The number of nitrogens with zero attached hydrogens (tertiary/aromatic N) is 4. The molecule has 3 heterocycles. The standard InChI is InChI=1S/C42H45N5O6/c1-26-10-6-7-11-27(26)17-31-23-44-35-21-39(37(50-3)19-33(35)41(48)46(31)2)52-14-8-5-9-15-53-40-22-36-34(20-38(40)51-4)42(49)47-25-29-16-30(43)13-12-28(29)18-32(47)24-45-36/h6-7,10-13,16,19-24,31-32H,5,8-9,14-15,17-18,25,43H2,1-4H3/t31-,32-/m0/s1. The molecule has 4 aromatic carbocycles. The van der Waals surface area contributed by atoms with Crippen LogP contribution in [-0.4, -0.2) is 80.6 Å². The first kappa shape index (κ1) is 35.6. The average Bonchev–Trinajstić information content (AvgIpc) is 3.36. The Bertz CT molecular complexity index is 2090. The number of aliphatic imine (C=N–C) groups is 2. The van der Waals surface area contributed by atoms with E-state index in [9.17, 15) is 9.59 Å². The number of unbranched alkanes of at least 4 members (excludes halogenated alkanes) is 2. The molecule has 7 rings (SSSR count). The zero-order valence-corrected chi connectivity index (χ0v) is 30.6. The summed E-state index contributed by atoms with van der Waals surface area (Å²) in [6.45, 7) is 3.46. The van der Waals surface area contributed by atoms with Crippen molar-refractivity contribution in [3.63, 3.8) is 0 Å². The summed E-state index contributed by atoms with van der Waals surface area (Å²) in [4.78, 5) is 40.3. The number of likely N-dealkylation sites (N-methyl/N-ethyl adjacent to an activating group) is 1. The fourth-order valence-corrected chi connectivity index (χ4v) is 7.11. The van der Waals surface area contributed by atoms with Crippen LogP contribution in [0.2, 0.25) is 0 Å². The van der Waals surface area contributed by atoms with Crippen LogP contribution >= 0.6 is 0 Å². The molecule has 0 saturated heterocycles. The van der Waals surface area contributed by atoms with Crippen LogP contribution in [0.15, 0.2) is 76.7 Å². The third-order valence-corrected chi connectivity index (χ3v) is 10.3. The van der Waals surface area contributed by atoms with Crippen molar-refractivity contribution in [3.8, 4) is 23.0 Å². The summed E-state index contributed by atoms with van der Waals surface area (Å²) in [7, 11) is 4.95. The second kappa shape index (κ2) is 15.4. The summed E-state index contributed by atoms with van der Waals surface area (Å²) >= 11 is 0. The highest BCUT2D eigenvalue weighted by Crippen LogP contribution is 2.39. The lowest BCUT2D eigenvalue weighted by Gasteiger charge is -2.34. The number of amides is 2. The number of rotatable bonds is 12. The molecule has 11 heteroatoms. The molecule has 274 valence electrons. The molecule has 3 aliphatic heterocycles. The number of ether oxygens (including phenoxy) is 4. The van der Waals surface area contributed by atoms with Crippen LogP contribution in [0.4, 0.5) is 17.1 Å². The zero-order valence-electron chi connectivity index (χ0n) is 30.6. The molecule has 0 aromatic heterocycles. The first-order valence-electron chi connectivity index (χ1n) is 18.0. The second-order valence-electron chi connectivity index (χ2n) is 13.7. The monoisotopic (exact) mass is 715 g/mol. The van der Waals surface area contributed by atoms with Crippen LogP contribution in [0, 0.1) is 6.92 Å². The number of fused-ring (bicyclic) bond motifs is 4. The third kappa shape index (κ3) is 7.42. The van der Waals surface area contributed by atoms with Crippen LogP contribution in [0.1, 0.15) is 62.2 Å². The molecule has 0 aliphatic carbocycles. The van der Waals surface area contributed by atoms with Crippen molar-refractivity contribution in [1.29, 1.82) is 0 Å². The van der Waals surface area contributed by atoms with Crippen LogP contribution in [-0.2, 0) is 19.4 Å². The predicted octanol–water partition coefficient (Wildman–Crippen LogP) is 6.90. The molecule has 0 bridgehead atoms. The van der Waals surface area contributed by atoms with Gasteiger partial charge in [-0.3, -0.25) is 19.6 Å². The summed E-state index contributed by atoms with van der Waals surface area (Å²) in [5, 5.41) is 0. The molecule has 0 unspecified atom stereocenters. The number of methoxy groups -OCH3 is 2. The quantitative estimate of drug-likeness (QED) is 0.125. The van der Waals surface area contributed by atoms with E-state index in [0.29, 0.717) is 83.8 Å². The van der Waals surface area contributed by atoms with Crippen LogP contribution in [0.25, 0.3) is 0 Å². The Morgan fingerprint density at radius 1 is 0.755 bits per heavy atom. The number of nitrogens with two attached hydrogens (primary N) is 1. The van der Waals surface area contributed by atoms with Gasteiger partial charge in [0, 0.05) is 43.8 Å². The average molecular weight is 716 g/mol. The van der Waals surface area contributed by atoms with Crippen molar-refractivity contribution in [1.82, 2.24) is 9.80 Å². The summed E-state index contributed by atoms with van der Waals surface area (Å²) in [6.07, 6.45) is 7.45. The maximum atomic E-state index is 13.7. The number of anilines is 1. The highest BCUT2D eigenvalue weighted by atomic mass is 16.5.